The quantitative estimate of drug-likeness (QED) is 0.773. The van der Waals surface area contributed by atoms with Crippen LogP contribution in [0.25, 0.3) is 0 Å². The molecule has 17 heavy (non-hydrogen) atoms. The number of hydrogen-bond acceptors (Lipinski definition) is 1. The second-order valence-electron chi connectivity index (χ2n) is 5.83. The Labute approximate surface area is 107 Å². The summed E-state index contributed by atoms with van der Waals surface area (Å²) in [5.74, 6) is 1.49. The van der Waals surface area contributed by atoms with Gasteiger partial charge in [-0.05, 0) is 56.3 Å². The van der Waals surface area contributed by atoms with Crippen LogP contribution in [-0.4, -0.2) is 11.2 Å². The van der Waals surface area contributed by atoms with Crippen LogP contribution in [0.2, 0.25) is 0 Å². The topological polar surface area (TPSA) is 20.2 Å². The second kappa shape index (κ2) is 5.39. The number of rotatable bonds is 3. The van der Waals surface area contributed by atoms with Crippen molar-refractivity contribution in [2.24, 2.45) is 17.8 Å². The maximum Gasteiger partial charge on any atom is 0.0821 e. The summed E-state index contributed by atoms with van der Waals surface area (Å²) < 4.78 is 0. The first-order valence-corrected chi connectivity index (χ1v) is 6.86. The van der Waals surface area contributed by atoms with Gasteiger partial charge in [-0.1, -0.05) is 32.8 Å². The average molecular weight is 236 g/mol. The van der Waals surface area contributed by atoms with Crippen LogP contribution in [0, 0.1) is 17.8 Å². The standard InChI is InChI=1S/C16H28O/c1-8-9(2)10(3)15-13(6)11(4)12(5)14(7)16(15)17/h9-10,15-17H,8H2,1-7H3. The fourth-order valence-corrected chi connectivity index (χ4v) is 2.98. The van der Waals surface area contributed by atoms with Gasteiger partial charge in [-0.15, -0.1) is 0 Å². The Hall–Kier alpha value is -0.560. The van der Waals surface area contributed by atoms with E-state index in [-0.39, 0.29) is 6.10 Å². The number of aliphatic hydroxyl groups excluding tert-OH is 1. The molecule has 98 valence electrons. The zero-order valence-electron chi connectivity index (χ0n) is 12.5. The Morgan fingerprint density at radius 1 is 1.00 bits per heavy atom. The molecule has 0 aromatic rings. The van der Waals surface area contributed by atoms with E-state index in [0.717, 1.165) is 5.57 Å². The van der Waals surface area contributed by atoms with Gasteiger partial charge in [0.05, 0.1) is 6.10 Å². The zero-order valence-corrected chi connectivity index (χ0v) is 12.5. The Morgan fingerprint density at radius 2 is 1.47 bits per heavy atom. The second-order valence-corrected chi connectivity index (χ2v) is 5.83. The van der Waals surface area contributed by atoms with Gasteiger partial charge in [0, 0.05) is 5.92 Å². The van der Waals surface area contributed by atoms with Crippen molar-refractivity contribution in [2.45, 2.75) is 61.0 Å². The first-order valence-electron chi connectivity index (χ1n) is 6.86. The summed E-state index contributed by atoms with van der Waals surface area (Å²) in [6, 6.07) is 0. The fourth-order valence-electron chi connectivity index (χ4n) is 2.98. The van der Waals surface area contributed by atoms with E-state index in [9.17, 15) is 5.11 Å². The van der Waals surface area contributed by atoms with E-state index in [0.29, 0.717) is 17.8 Å². The van der Waals surface area contributed by atoms with Crippen molar-refractivity contribution in [3.8, 4) is 0 Å². The van der Waals surface area contributed by atoms with Crippen LogP contribution in [0.5, 0.6) is 0 Å². The highest BCUT2D eigenvalue weighted by molar-refractivity contribution is 5.42. The molecule has 1 rings (SSSR count). The highest BCUT2D eigenvalue weighted by Crippen LogP contribution is 2.40. The van der Waals surface area contributed by atoms with Crippen molar-refractivity contribution in [1.82, 2.24) is 0 Å². The lowest BCUT2D eigenvalue weighted by Crippen LogP contribution is -2.35. The Morgan fingerprint density at radius 3 is 1.94 bits per heavy atom. The highest BCUT2D eigenvalue weighted by atomic mass is 16.3. The van der Waals surface area contributed by atoms with Gasteiger partial charge < -0.3 is 5.11 Å². The molecule has 0 saturated heterocycles. The molecule has 0 heterocycles. The van der Waals surface area contributed by atoms with Gasteiger partial charge in [-0.25, -0.2) is 0 Å². The molecule has 0 radical (unpaired) electrons. The summed E-state index contributed by atoms with van der Waals surface area (Å²) in [7, 11) is 0. The summed E-state index contributed by atoms with van der Waals surface area (Å²) in [4.78, 5) is 0. The molecule has 0 bridgehead atoms. The minimum absolute atomic E-state index is 0.289. The van der Waals surface area contributed by atoms with Gasteiger partial charge in [-0.2, -0.15) is 0 Å². The summed E-state index contributed by atoms with van der Waals surface area (Å²) in [5.41, 5.74) is 5.21. The first-order chi connectivity index (χ1) is 7.82. The van der Waals surface area contributed by atoms with Crippen molar-refractivity contribution in [2.75, 3.05) is 0 Å². The van der Waals surface area contributed by atoms with Gasteiger partial charge in [0.25, 0.3) is 0 Å². The van der Waals surface area contributed by atoms with E-state index >= 15 is 0 Å². The number of hydrogen-bond donors (Lipinski definition) is 1. The molecule has 0 aromatic carbocycles. The molecule has 0 aromatic heterocycles. The van der Waals surface area contributed by atoms with Gasteiger partial charge in [0.1, 0.15) is 0 Å². The number of allylic oxidation sites excluding steroid dienone is 2. The predicted molar refractivity (Wildman–Crippen MR) is 74.9 cm³/mol. The van der Waals surface area contributed by atoms with Crippen LogP contribution in [0.1, 0.15) is 54.9 Å². The normalized spacial score (nSPS) is 29.6. The maximum atomic E-state index is 10.5. The van der Waals surface area contributed by atoms with Gasteiger partial charge >= 0.3 is 0 Å². The van der Waals surface area contributed by atoms with Gasteiger partial charge in [-0.3, -0.25) is 0 Å². The lowest BCUT2D eigenvalue weighted by Gasteiger charge is -2.38. The molecule has 4 unspecified atom stereocenters. The summed E-state index contributed by atoms with van der Waals surface area (Å²) >= 11 is 0. The molecule has 1 nitrogen and oxygen atoms in total. The van der Waals surface area contributed by atoms with Crippen molar-refractivity contribution >= 4 is 0 Å². The van der Waals surface area contributed by atoms with Crippen molar-refractivity contribution < 1.29 is 5.11 Å². The molecule has 1 N–H and O–H groups in total. The van der Waals surface area contributed by atoms with E-state index in [2.05, 4.69) is 48.5 Å². The van der Waals surface area contributed by atoms with Crippen LogP contribution in [-0.2, 0) is 0 Å². The molecule has 1 aliphatic carbocycles. The fraction of sp³-hybridized carbons (Fsp3) is 0.750. The zero-order chi connectivity index (χ0) is 13.3. The van der Waals surface area contributed by atoms with E-state index in [1.165, 1.54) is 23.1 Å². The predicted octanol–water partition coefficient (Wildman–Crippen LogP) is 4.33. The number of aliphatic hydroxyl groups is 1. The van der Waals surface area contributed by atoms with Crippen molar-refractivity contribution in [1.29, 1.82) is 0 Å². The molecular weight excluding hydrogens is 208 g/mol. The van der Waals surface area contributed by atoms with Crippen LogP contribution >= 0.6 is 0 Å². The van der Waals surface area contributed by atoms with Crippen molar-refractivity contribution in [3.05, 3.63) is 22.3 Å². The van der Waals surface area contributed by atoms with Crippen LogP contribution < -0.4 is 0 Å². The molecule has 0 spiro atoms. The molecule has 0 aliphatic heterocycles. The minimum atomic E-state index is -0.289. The van der Waals surface area contributed by atoms with Gasteiger partial charge in [0.2, 0.25) is 0 Å². The minimum Gasteiger partial charge on any atom is -0.388 e. The maximum absolute atomic E-state index is 10.5. The average Bonchev–Trinajstić information content (AvgIpc) is 2.32. The SMILES string of the molecule is CCC(C)C(C)C1C(C)=C(C)C(C)=C(C)C1O. The Kier molecular flexibility index (Phi) is 4.60. The smallest absolute Gasteiger partial charge is 0.0821 e. The van der Waals surface area contributed by atoms with Crippen LogP contribution in [0.15, 0.2) is 22.3 Å². The lowest BCUT2D eigenvalue weighted by atomic mass is 9.69. The molecule has 1 aliphatic rings. The third-order valence-corrected chi connectivity index (χ3v) is 5.14. The third-order valence-electron chi connectivity index (χ3n) is 5.14. The molecule has 1 heteroatoms. The molecular formula is C16H28O. The van der Waals surface area contributed by atoms with Crippen LogP contribution in [0.4, 0.5) is 0 Å². The summed E-state index contributed by atoms with van der Waals surface area (Å²) in [6.07, 6.45) is 0.890. The van der Waals surface area contributed by atoms with Gasteiger partial charge in [0.15, 0.2) is 0 Å². The molecule has 0 amide bonds. The van der Waals surface area contributed by atoms with Crippen LogP contribution in [0.3, 0.4) is 0 Å². The van der Waals surface area contributed by atoms with E-state index in [1.54, 1.807) is 0 Å². The first kappa shape index (κ1) is 14.5. The summed E-state index contributed by atoms with van der Waals surface area (Å²) in [6.45, 7) is 15.4. The lowest BCUT2D eigenvalue weighted by molar-refractivity contribution is 0.103. The summed E-state index contributed by atoms with van der Waals surface area (Å²) in [5, 5.41) is 10.5. The largest absolute Gasteiger partial charge is 0.388 e. The molecule has 0 saturated carbocycles. The van der Waals surface area contributed by atoms with E-state index in [1.807, 2.05) is 0 Å². The van der Waals surface area contributed by atoms with E-state index < -0.39 is 0 Å². The highest BCUT2D eigenvalue weighted by Gasteiger charge is 2.34. The third kappa shape index (κ3) is 2.49. The van der Waals surface area contributed by atoms with Crippen molar-refractivity contribution in [3.63, 3.8) is 0 Å². The monoisotopic (exact) mass is 236 g/mol. The Bertz CT molecular complexity index is 349. The molecule has 4 atom stereocenters. The molecule has 0 fully saturated rings. The Balaban J connectivity index is 3.11. The van der Waals surface area contributed by atoms with E-state index in [4.69, 9.17) is 0 Å².